The van der Waals surface area contributed by atoms with Gasteiger partial charge in [0.25, 0.3) is 5.91 Å². The molecule has 0 aromatic carbocycles. The monoisotopic (exact) mass is 223 g/mol. The van der Waals surface area contributed by atoms with Crippen LogP contribution in [-0.4, -0.2) is 34.8 Å². The first kappa shape index (κ1) is 10.7. The molecule has 0 saturated heterocycles. The summed E-state index contributed by atoms with van der Waals surface area (Å²) < 4.78 is 6.32. The Morgan fingerprint density at radius 3 is 3.06 bits per heavy atom. The molecule has 86 valence electrons. The van der Waals surface area contributed by atoms with Crippen molar-refractivity contribution in [1.82, 2.24) is 15.1 Å². The Bertz CT molecular complexity index is 450. The van der Waals surface area contributed by atoms with Crippen LogP contribution >= 0.6 is 0 Å². The predicted molar refractivity (Wildman–Crippen MR) is 55.2 cm³/mol. The van der Waals surface area contributed by atoms with E-state index in [9.17, 15) is 9.59 Å². The van der Waals surface area contributed by atoms with Crippen molar-refractivity contribution in [2.45, 2.75) is 13.3 Å². The summed E-state index contributed by atoms with van der Waals surface area (Å²) in [6.45, 7) is 2.57. The average Bonchev–Trinajstić information content (AvgIpc) is 2.58. The van der Waals surface area contributed by atoms with E-state index in [2.05, 4.69) is 10.4 Å². The summed E-state index contributed by atoms with van der Waals surface area (Å²) in [6, 6.07) is 0. The van der Waals surface area contributed by atoms with Crippen molar-refractivity contribution in [3.05, 3.63) is 17.0 Å². The molecule has 1 amide bonds. The van der Waals surface area contributed by atoms with E-state index in [1.165, 1.54) is 4.68 Å². The zero-order valence-corrected chi connectivity index (χ0v) is 9.24. The maximum atomic E-state index is 11.6. The number of carbonyl (C=O) groups excluding carboxylic acids is 2. The van der Waals surface area contributed by atoms with E-state index in [-0.39, 0.29) is 11.6 Å². The van der Waals surface area contributed by atoms with Gasteiger partial charge in [-0.25, -0.2) is 4.79 Å². The van der Waals surface area contributed by atoms with Crippen LogP contribution in [0.2, 0.25) is 0 Å². The molecule has 0 unspecified atom stereocenters. The van der Waals surface area contributed by atoms with Gasteiger partial charge in [-0.05, 0) is 13.3 Å². The molecule has 2 rings (SSSR count). The molecule has 0 radical (unpaired) electrons. The molecule has 0 fully saturated rings. The molecular formula is C10H13N3O3. The molecule has 1 aliphatic heterocycles. The van der Waals surface area contributed by atoms with Crippen LogP contribution in [-0.2, 0) is 18.2 Å². The Morgan fingerprint density at radius 2 is 2.38 bits per heavy atom. The number of nitrogens with zero attached hydrogens (tertiary/aromatic N) is 2. The Balaban J connectivity index is 2.45. The topological polar surface area (TPSA) is 73.2 Å². The standard InChI is InChI=1S/C10H13N3O3/c1-3-16-10(15)7-6-4-5-11-9(14)8(6)13(2)12-7/h3-5H2,1-2H3,(H,11,14). The molecule has 1 aromatic rings. The summed E-state index contributed by atoms with van der Waals surface area (Å²) in [5.41, 5.74) is 1.40. The first-order chi connectivity index (χ1) is 7.65. The molecular weight excluding hydrogens is 210 g/mol. The molecule has 6 nitrogen and oxygen atoms in total. The third kappa shape index (κ3) is 1.56. The van der Waals surface area contributed by atoms with Gasteiger partial charge in [-0.15, -0.1) is 0 Å². The van der Waals surface area contributed by atoms with Crippen molar-refractivity contribution < 1.29 is 14.3 Å². The maximum absolute atomic E-state index is 11.6. The van der Waals surface area contributed by atoms with Crippen LogP contribution < -0.4 is 5.32 Å². The molecule has 1 aliphatic rings. The number of rotatable bonds is 2. The van der Waals surface area contributed by atoms with Crippen LogP contribution in [0.3, 0.4) is 0 Å². The molecule has 0 bridgehead atoms. The van der Waals surface area contributed by atoms with Crippen LogP contribution in [0.4, 0.5) is 0 Å². The fourth-order valence-corrected chi connectivity index (χ4v) is 1.84. The van der Waals surface area contributed by atoms with E-state index in [4.69, 9.17) is 4.74 Å². The van der Waals surface area contributed by atoms with Crippen LogP contribution in [0.5, 0.6) is 0 Å². The number of ether oxygens (including phenoxy) is 1. The minimum atomic E-state index is -0.464. The minimum Gasteiger partial charge on any atom is -0.461 e. The Labute approximate surface area is 92.6 Å². The fourth-order valence-electron chi connectivity index (χ4n) is 1.84. The van der Waals surface area contributed by atoms with Gasteiger partial charge in [0.1, 0.15) is 5.69 Å². The number of esters is 1. The maximum Gasteiger partial charge on any atom is 0.359 e. The number of fused-ring (bicyclic) bond motifs is 1. The van der Waals surface area contributed by atoms with Crippen LogP contribution in [0.15, 0.2) is 0 Å². The van der Waals surface area contributed by atoms with E-state index < -0.39 is 5.97 Å². The number of carbonyl (C=O) groups is 2. The normalized spacial score (nSPS) is 14.2. The van der Waals surface area contributed by atoms with Gasteiger partial charge in [0.05, 0.1) is 6.61 Å². The van der Waals surface area contributed by atoms with E-state index in [0.717, 1.165) is 0 Å². The zero-order valence-electron chi connectivity index (χ0n) is 9.24. The van der Waals surface area contributed by atoms with Gasteiger partial charge in [-0.2, -0.15) is 5.10 Å². The number of aryl methyl sites for hydroxylation is 1. The Hall–Kier alpha value is -1.85. The summed E-state index contributed by atoms with van der Waals surface area (Å²) in [7, 11) is 1.65. The highest BCUT2D eigenvalue weighted by Gasteiger charge is 2.28. The lowest BCUT2D eigenvalue weighted by atomic mass is 10.1. The van der Waals surface area contributed by atoms with Crippen molar-refractivity contribution in [2.75, 3.05) is 13.2 Å². The van der Waals surface area contributed by atoms with Crippen LogP contribution in [0, 0.1) is 0 Å². The van der Waals surface area contributed by atoms with E-state index in [1.807, 2.05) is 0 Å². The van der Waals surface area contributed by atoms with Crippen LogP contribution in [0.1, 0.15) is 33.5 Å². The molecule has 0 atom stereocenters. The first-order valence-electron chi connectivity index (χ1n) is 5.16. The van der Waals surface area contributed by atoms with Gasteiger partial charge in [0, 0.05) is 19.2 Å². The van der Waals surface area contributed by atoms with Crippen molar-refractivity contribution in [2.24, 2.45) is 7.05 Å². The summed E-state index contributed by atoms with van der Waals surface area (Å²) in [4.78, 5) is 23.2. The second-order valence-electron chi connectivity index (χ2n) is 3.53. The lowest BCUT2D eigenvalue weighted by molar-refractivity contribution is 0.0517. The zero-order chi connectivity index (χ0) is 11.7. The molecule has 16 heavy (non-hydrogen) atoms. The highest BCUT2D eigenvalue weighted by atomic mass is 16.5. The fraction of sp³-hybridized carbons (Fsp3) is 0.500. The smallest absolute Gasteiger partial charge is 0.359 e. The molecule has 1 N–H and O–H groups in total. The number of aromatic nitrogens is 2. The van der Waals surface area contributed by atoms with Gasteiger partial charge in [0.2, 0.25) is 0 Å². The lowest BCUT2D eigenvalue weighted by Gasteiger charge is -2.13. The SMILES string of the molecule is CCOC(=O)c1nn(C)c2c1CCNC2=O. The third-order valence-corrected chi connectivity index (χ3v) is 2.49. The van der Waals surface area contributed by atoms with Crippen LogP contribution in [0.25, 0.3) is 0 Å². The quantitative estimate of drug-likeness (QED) is 0.709. The minimum absolute atomic E-state index is 0.188. The van der Waals surface area contributed by atoms with Crippen molar-refractivity contribution >= 4 is 11.9 Å². The highest BCUT2D eigenvalue weighted by molar-refractivity contribution is 5.99. The highest BCUT2D eigenvalue weighted by Crippen LogP contribution is 2.18. The average molecular weight is 223 g/mol. The van der Waals surface area contributed by atoms with Crippen molar-refractivity contribution in [1.29, 1.82) is 0 Å². The van der Waals surface area contributed by atoms with Gasteiger partial charge in [0.15, 0.2) is 5.69 Å². The first-order valence-corrected chi connectivity index (χ1v) is 5.16. The Kier molecular flexibility index (Phi) is 2.64. The second kappa shape index (κ2) is 3.96. The van der Waals surface area contributed by atoms with Crippen molar-refractivity contribution in [3.8, 4) is 0 Å². The van der Waals surface area contributed by atoms with Gasteiger partial charge in [-0.1, -0.05) is 0 Å². The third-order valence-electron chi connectivity index (χ3n) is 2.49. The summed E-state index contributed by atoms with van der Waals surface area (Å²) in [5, 5.41) is 6.75. The summed E-state index contributed by atoms with van der Waals surface area (Å²) in [6.07, 6.45) is 0.614. The molecule has 1 aromatic heterocycles. The summed E-state index contributed by atoms with van der Waals surface area (Å²) in [5.74, 6) is -0.652. The number of hydrogen-bond donors (Lipinski definition) is 1. The predicted octanol–water partition coefficient (Wildman–Crippen LogP) is -0.117. The molecule has 0 spiro atoms. The Morgan fingerprint density at radius 1 is 1.62 bits per heavy atom. The van der Waals surface area contributed by atoms with Crippen molar-refractivity contribution in [3.63, 3.8) is 0 Å². The summed E-state index contributed by atoms with van der Waals surface area (Å²) >= 11 is 0. The van der Waals surface area contributed by atoms with E-state index in [1.54, 1.807) is 14.0 Å². The number of amides is 1. The van der Waals surface area contributed by atoms with Gasteiger partial charge >= 0.3 is 5.97 Å². The lowest BCUT2D eigenvalue weighted by Crippen LogP contribution is -2.33. The molecule has 0 saturated carbocycles. The molecule has 2 heterocycles. The van der Waals surface area contributed by atoms with Gasteiger partial charge < -0.3 is 10.1 Å². The van der Waals surface area contributed by atoms with Gasteiger partial charge in [-0.3, -0.25) is 9.48 Å². The molecule has 0 aliphatic carbocycles. The van der Waals surface area contributed by atoms with E-state index in [0.29, 0.717) is 30.8 Å². The number of hydrogen-bond acceptors (Lipinski definition) is 4. The molecule has 6 heteroatoms. The largest absolute Gasteiger partial charge is 0.461 e. The van der Waals surface area contributed by atoms with E-state index >= 15 is 0 Å². The second-order valence-corrected chi connectivity index (χ2v) is 3.53. The number of nitrogens with one attached hydrogen (secondary N) is 1.